The topological polar surface area (TPSA) is 62.7 Å². The van der Waals surface area contributed by atoms with Crippen LogP contribution in [0.2, 0.25) is 5.28 Å². The molecule has 0 saturated heterocycles. The Morgan fingerprint density at radius 3 is 2.60 bits per heavy atom. The van der Waals surface area contributed by atoms with Crippen molar-refractivity contribution in [3.63, 3.8) is 0 Å². The van der Waals surface area contributed by atoms with Crippen LogP contribution in [0, 0.1) is 0 Å². The normalized spacial score (nSPS) is 10.6. The van der Waals surface area contributed by atoms with E-state index in [2.05, 4.69) is 50.9 Å². The Morgan fingerprint density at radius 1 is 1.15 bits per heavy atom. The first-order valence-corrected chi connectivity index (χ1v) is 7.93. The molecule has 0 fully saturated rings. The zero-order chi connectivity index (χ0) is 14.4. The standard InChI is InChI=1S/C13H18ClN5S/c1-3-6-15-12-17-11(14)18-13(19-12)16-8-10-9(4-2)5-7-20-10/h5,7H,3-4,6,8H2,1-2H3,(H2,15,16,17,18,19). The third-order valence-corrected chi connectivity index (χ3v) is 3.90. The first-order chi connectivity index (χ1) is 9.72. The Hall–Kier alpha value is -1.40. The molecule has 0 aliphatic carbocycles. The van der Waals surface area contributed by atoms with Gasteiger partial charge in [0.05, 0.1) is 6.54 Å². The van der Waals surface area contributed by atoms with Crippen LogP contribution in [0.15, 0.2) is 11.4 Å². The second kappa shape index (κ2) is 7.40. The number of halogens is 1. The average Bonchev–Trinajstić information content (AvgIpc) is 2.90. The van der Waals surface area contributed by atoms with Gasteiger partial charge in [0.1, 0.15) is 0 Å². The summed E-state index contributed by atoms with van der Waals surface area (Å²) in [5.41, 5.74) is 1.35. The number of hydrogen-bond acceptors (Lipinski definition) is 6. The minimum Gasteiger partial charge on any atom is -0.354 e. The summed E-state index contributed by atoms with van der Waals surface area (Å²) >= 11 is 7.64. The van der Waals surface area contributed by atoms with E-state index in [0.717, 1.165) is 19.4 Å². The molecule has 0 radical (unpaired) electrons. The van der Waals surface area contributed by atoms with Gasteiger partial charge in [-0.2, -0.15) is 15.0 Å². The number of nitrogens with zero attached hydrogens (tertiary/aromatic N) is 3. The van der Waals surface area contributed by atoms with Gasteiger partial charge in [-0.05, 0) is 41.5 Å². The molecule has 2 N–H and O–H groups in total. The van der Waals surface area contributed by atoms with Gasteiger partial charge in [0.25, 0.3) is 0 Å². The molecular weight excluding hydrogens is 294 g/mol. The van der Waals surface area contributed by atoms with E-state index in [-0.39, 0.29) is 5.28 Å². The summed E-state index contributed by atoms with van der Waals surface area (Å²) in [5, 5.41) is 8.61. The molecule has 0 amide bonds. The second-order valence-electron chi connectivity index (χ2n) is 4.25. The molecule has 2 heterocycles. The van der Waals surface area contributed by atoms with E-state index < -0.39 is 0 Å². The lowest BCUT2D eigenvalue weighted by Crippen LogP contribution is -2.09. The molecule has 2 aromatic heterocycles. The average molecular weight is 312 g/mol. The van der Waals surface area contributed by atoms with E-state index in [1.54, 1.807) is 11.3 Å². The minimum atomic E-state index is 0.197. The number of hydrogen-bond donors (Lipinski definition) is 2. The summed E-state index contributed by atoms with van der Waals surface area (Å²) < 4.78 is 0. The molecule has 0 aliphatic heterocycles. The van der Waals surface area contributed by atoms with Gasteiger partial charge >= 0.3 is 0 Å². The highest BCUT2D eigenvalue weighted by molar-refractivity contribution is 7.10. The maximum absolute atomic E-state index is 5.91. The van der Waals surface area contributed by atoms with E-state index >= 15 is 0 Å². The number of thiophene rings is 1. The van der Waals surface area contributed by atoms with Crippen LogP contribution in [-0.2, 0) is 13.0 Å². The zero-order valence-electron chi connectivity index (χ0n) is 11.6. The fourth-order valence-corrected chi connectivity index (χ4v) is 2.82. The van der Waals surface area contributed by atoms with Crippen LogP contribution in [-0.4, -0.2) is 21.5 Å². The molecule has 2 aromatic rings. The third kappa shape index (κ3) is 4.05. The van der Waals surface area contributed by atoms with E-state index in [0.29, 0.717) is 18.4 Å². The third-order valence-electron chi connectivity index (χ3n) is 2.77. The predicted octanol–water partition coefficient (Wildman–Crippen LogP) is 3.58. The minimum absolute atomic E-state index is 0.197. The predicted molar refractivity (Wildman–Crippen MR) is 84.6 cm³/mol. The maximum atomic E-state index is 5.91. The quantitative estimate of drug-likeness (QED) is 0.818. The number of aryl methyl sites for hydroxylation is 1. The summed E-state index contributed by atoms with van der Waals surface area (Å²) in [4.78, 5) is 13.7. The van der Waals surface area contributed by atoms with Crippen LogP contribution in [0.4, 0.5) is 11.9 Å². The lowest BCUT2D eigenvalue weighted by Gasteiger charge is -2.08. The summed E-state index contributed by atoms with van der Waals surface area (Å²) in [6, 6.07) is 2.15. The Bertz CT molecular complexity index is 557. The van der Waals surface area contributed by atoms with Crippen molar-refractivity contribution in [1.29, 1.82) is 0 Å². The smallest absolute Gasteiger partial charge is 0.229 e. The summed E-state index contributed by atoms with van der Waals surface area (Å²) in [5.74, 6) is 1.01. The molecule has 0 unspecified atom stereocenters. The van der Waals surface area contributed by atoms with Gasteiger partial charge in [-0.1, -0.05) is 13.8 Å². The van der Waals surface area contributed by atoms with Crippen LogP contribution < -0.4 is 10.6 Å². The zero-order valence-corrected chi connectivity index (χ0v) is 13.2. The van der Waals surface area contributed by atoms with Crippen molar-refractivity contribution >= 4 is 34.8 Å². The van der Waals surface area contributed by atoms with Crippen LogP contribution in [0.1, 0.15) is 30.7 Å². The molecular formula is C13H18ClN5S. The number of rotatable bonds is 7. The first kappa shape index (κ1) is 15.0. The second-order valence-corrected chi connectivity index (χ2v) is 5.59. The van der Waals surface area contributed by atoms with Crippen molar-refractivity contribution < 1.29 is 0 Å². The van der Waals surface area contributed by atoms with Gasteiger partial charge in [-0.15, -0.1) is 11.3 Å². The van der Waals surface area contributed by atoms with Crippen molar-refractivity contribution in [2.45, 2.75) is 33.2 Å². The highest BCUT2D eigenvalue weighted by Gasteiger charge is 2.06. The Labute approximate surface area is 127 Å². The molecule has 0 saturated carbocycles. The van der Waals surface area contributed by atoms with Crippen LogP contribution in [0.25, 0.3) is 0 Å². The lowest BCUT2D eigenvalue weighted by molar-refractivity contribution is 0.932. The Morgan fingerprint density at radius 2 is 1.90 bits per heavy atom. The van der Waals surface area contributed by atoms with Crippen molar-refractivity contribution in [2.24, 2.45) is 0 Å². The van der Waals surface area contributed by atoms with E-state index in [9.17, 15) is 0 Å². The van der Waals surface area contributed by atoms with Crippen molar-refractivity contribution in [1.82, 2.24) is 15.0 Å². The van der Waals surface area contributed by atoms with Gasteiger partial charge < -0.3 is 10.6 Å². The highest BCUT2D eigenvalue weighted by atomic mass is 35.5. The van der Waals surface area contributed by atoms with Crippen molar-refractivity contribution in [2.75, 3.05) is 17.2 Å². The molecule has 2 rings (SSSR count). The van der Waals surface area contributed by atoms with Crippen molar-refractivity contribution in [3.05, 3.63) is 27.2 Å². The van der Waals surface area contributed by atoms with E-state index in [1.807, 2.05) is 0 Å². The van der Waals surface area contributed by atoms with Gasteiger partial charge in [-0.3, -0.25) is 0 Å². The van der Waals surface area contributed by atoms with E-state index in [4.69, 9.17) is 11.6 Å². The molecule has 0 aliphatic rings. The Kier molecular flexibility index (Phi) is 5.55. The molecule has 7 heteroatoms. The molecule has 0 bridgehead atoms. The largest absolute Gasteiger partial charge is 0.354 e. The molecule has 0 atom stereocenters. The Balaban J connectivity index is 2.03. The van der Waals surface area contributed by atoms with E-state index in [1.165, 1.54) is 10.4 Å². The highest BCUT2D eigenvalue weighted by Crippen LogP contribution is 2.19. The van der Waals surface area contributed by atoms with Gasteiger partial charge in [0.2, 0.25) is 17.2 Å². The summed E-state index contributed by atoms with van der Waals surface area (Å²) in [6.07, 6.45) is 2.03. The monoisotopic (exact) mass is 311 g/mol. The van der Waals surface area contributed by atoms with Gasteiger partial charge in [-0.25, -0.2) is 0 Å². The SMILES string of the molecule is CCCNc1nc(Cl)nc(NCc2sccc2CC)n1. The molecule has 0 aromatic carbocycles. The summed E-state index contributed by atoms with van der Waals surface area (Å²) in [6.45, 7) is 5.75. The lowest BCUT2D eigenvalue weighted by atomic mass is 10.2. The number of nitrogens with one attached hydrogen (secondary N) is 2. The van der Waals surface area contributed by atoms with Gasteiger partial charge in [0.15, 0.2) is 0 Å². The van der Waals surface area contributed by atoms with Gasteiger partial charge in [0, 0.05) is 11.4 Å². The molecule has 108 valence electrons. The molecule has 0 spiro atoms. The molecule has 20 heavy (non-hydrogen) atoms. The molecule has 5 nitrogen and oxygen atoms in total. The first-order valence-electron chi connectivity index (χ1n) is 6.67. The fourth-order valence-electron chi connectivity index (χ4n) is 1.74. The number of aromatic nitrogens is 3. The van der Waals surface area contributed by atoms with Crippen LogP contribution in [0.5, 0.6) is 0 Å². The van der Waals surface area contributed by atoms with Crippen LogP contribution >= 0.6 is 22.9 Å². The van der Waals surface area contributed by atoms with Crippen molar-refractivity contribution in [3.8, 4) is 0 Å². The van der Waals surface area contributed by atoms with Crippen LogP contribution in [0.3, 0.4) is 0 Å². The number of anilines is 2. The maximum Gasteiger partial charge on any atom is 0.229 e. The fraction of sp³-hybridized carbons (Fsp3) is 0.462. The summed E-state index contributed by atoms with van der Waals surface area (Å²) in [7, 11) is 0.